The fourth-order valence-corrected chi connectivity index (χ4v) is 2.47. The van der Waals surface area contributed by atoms with Gasteiger partial charge in [-0.3, -0.25) is 9.48 Å². The van der Waals surface area contributed by atoms with Crippen LogP contribution < -0.4 is 0 Å². The second-order valence-corrected chi connectivity index (χ2v) is 4.94. The van der Waals surface area contributed by atoms with E-state index < -0.39 is 12.2 Å². The first kappa shape index (κ1) is 12.9. The molecule has 2 atom stereocenters. The number of amides is 1. The Balaban J connectivity index is 1.94. The lowest BCUT2D eigenvalue weighted by atomic mass is 10.3. The Morgan fingerprint density at radius 2 is 1.85 bits per heavy atom. The van der Waals surface area contributed by atoms with Crippen molar-refractivity contribution in [2.24, 2.45) is 7.05 Å². The number of aryl methyl sites for hydroxylation is 1. The van der Waals surface area contributed by atoms with E-state index >= 15 is 0 Å². The molecule has 20 heavy (non-hydrogen) atoms. The van der Waals surface area contributed by atoms with Gasteiger partial charge < -0.3 is 19.7 Å². The molecule has 0 aliphatic carbocycles. The maximum atomic E-state index is 12.5. The summed E-state index contributed by atoms with van der Waals surface area (Å²) < 4.78 is 3.43. The predicted octanol–water partition coefficient (Wildman–Crippen LogP) is -0.612. The third-order valence-electron chi connectivity index (χ3n) is 3.53. The summed E-state index contributed by atoms with van der Waals surface area (Å²) in [6.07, 6.45) is 3.41. The molecule has 0 aromatic carbocycles. The molecule has 0 bridgehead atoms. The van der Waals surface area contributed by atoms with Crippen molar-refractivity contribution >= 4 is 5.91 Å². The molecule has 2 aromatic heterocycles. The van der Waals surface area contributed by atoms with Gasteiger partial charge in [-0.05, 0) is 12.1 Å². The van der Waals surface area contributed by atoms with Crippen molar-refractivity contribution in [2.45, 2.75) is 12.2 Å². The van der Waals surface area contributed by atoms with Gasteiger partial charge in [0.05, 0.1) is 18.4 Å². The highest BCUT2D eigenvalue weighted by Gasteiger charge is 2.34. The number of carbonyl (C=O) groups excluding carboxylic acids is 1. The van der Waals surface area contributed by atoms with Crippen molar-refractivity contribution in [3.05, 3.63) is 36.3 Å². The van der Waals surface area contributed by atoms with Crippen LogP contribution in [-0.2, 0) is 7.05 Å². The van der Waals surface area contributed by atoms with Crippen molar-refractivity contribution in [1.82, 2.24) is 19.2 Å². The van der Waals surface area contributed by atoms with Crippen molar-refractivity contribution < 1.29 is 15.0 Å². The van der Waals surface area contributed by atoms with E-state index in [9.17, 15) is 15.0 Å². The Bertz CT molecular complexity index is 610. The van der Waals surface area contributed by atoms with Gasteiger partial charge in [0.25, 0.3) is 5.91 Å². The first-order valence-electron chi connectivity index (χ1n) is 6.38. The summed E-state index contributed by atoms with van der Waals surface area (Å²) in [7, 11) is 1.76. The van der Waals surface area contributed by atoms with Gasteiger partial charge >= 0.3 is 0 Å². The third-order valence-corrected chi connectivity index (χ3v) is 3.53. The molecule has 7 nitrogen and oxygen atoms in total. The highest BCUT2D eigenvalue weighted by atomic mass is 16.3. The molecule has 1 aliphatic rings. The first-order chi connectivity index (χ1) is 9.58. The number of aliphatic hydroxyl groups is 2. The van der Waals surface area contributed by atoms with Crippen LogP contribution in [0.5, 0.6) is 0 Å². The maximum Gasteiger partial charge on any atom is 0.259 e. The zero-order valence-corrected chi connectivity index (χ0v) is 11.0. The van der Waals surface area contributed by atoms with Gasteiger partial charge in [-0.15, -0.1) is 0 Å². The van der Waals surface area contributed by atoms with Crippen LogP contribution in [0.25, 0.3) is 5.82 Å². The van der Waals surface area contributed by atoms with Gasteiger partial charge in [0.1, 0.15) is 11.4 Å². The molecule has 7 heteroatoms. The second-order valence-electron chi connectivity index (χ2n) is 4.94. The molecule has 1 fully saturated rings. The minimum atomic E-state index is -0.884. The number of aliphatic hydroxyl groups excluding tert-OH is 2. The van der Waals surface area contributed by atoms with Gasteiger partial charge in [0.2, 0.25) is 0 Å². The molecule has 0 saturated carbocycles. The van der Waals surface area contributed by atoms with E-state index in [1.807, 2.05) is 29.1 Å². The largest absolute Gasteiger partial charge is 0.388 e. The van der Waals surface area contributed by atoms with E-state index in [1.165, 1.54) is 11.1 Å². The number of rotatable bonds is 2. The predicted molar refractivity (Wildman–Crippen MR) is 70.5 cm³/mol. The number of aromatic nitrogens is 3. The summed E-state index contributed by atoms with van der Waals surface area (Å²) in [6.45, 7) is 0.278. The lowest BCUT2D eigenvalue weighted by Gasteiger charge is -2.16. The van der Waals surface area contributed by atoms with Gasteiger partial charge in [0, 0.05) is 32.5 Å². The first-order valence-corrected chi connectivity index (χ1v) is 6.38. The normalized spacial score (nSPS) is 22.4. The molecule has 0 spiro atoms. The number of likely N-dealkylation sites (tertiary alicyclic amines) is 1. The summed E-state index contributed by atoms with van der Waals surface area (Å²) in [5.74, 6) is 0.424. The van der Waals surface area contributed by atoms with Gasteiger partial charge in [-0.1, -0.05) is 0 Å². The van der Waals surface area contributed by atoms with E-state index in [1.54, 1.807) is 11.7 Å². The fourth-order valence-electron chi connectivity index (χ4n) is 2.47. The molecular formula is C13H16N4O3. The summed E-state index contributed by atoms with van der Waals surface area (Å²) >= 11 is 0. The van der Waals surface area contributed by atoms with Crippen LogP contribution >= 0.6 is 0 Å². The van der Waals surface area contributed by atoms with E-state index in [-0.39, 0.29) is 19.0 Å². The monoisotopic (exact) mass is 276 g/mol. The molecule has 2 N–H and O–H groups in total. The van der Waals surface area contributed by atoms with Gasteiger partial charge in [0.15, 0.2) is 0 Å². The number of hydrogen-bond donors (Lipinski definition) is 2. The van der Waals surface area contributed by atoms with Gasteiger partial charge in [-0.2, -0.15) is 5.10 Å². The average Bonchev–Trinajstić information content (AvgIpc) is 3.10. The standard InChI is InChI=1S/C13H16N4O3/c1-15-12(16-4-2-3-5-16)9(6-14-15)13(20)17-7-10(18)11(19)8-17/h2-6,10-11,18-19H,7-8H2,1H3/t10-,11+. The Morgan fingerprint density at radius 1 is 1.25 bits per heavy atom. The van der Waals surface area contributed by atoms with E-state index in [2.05, 4.69) is 5.10 Å². The Kier molecular flexibility index (Phi) is 3.07. The lowest BCUT2D eigenvalue weighted by molar-refractivity contribution is 0.0572. The van der Waals surface area contributed by atoms with Crippen molar-refractivity contribution in [2.75, 3.05) is 13.1 Å². The molecule has 1 amide bonds. The minimum absolute atomic E-state index is 0.139. The molecular weight excluding hydrogens is 260 g/mol. The summed E-state index contributed by atoms with van der Waals surface area (Å²) in [6, 6.07) is 3.73. The van der Waals surface area contributed by atoms with Crippen LogP contribution in [0.4, 0.5) is 0 Å². The van der Waals surface area contributed by atoms with Crippen molar-refractivity contribution in [3.8, 4) is 5.82 Å². The van der Waals surface area contributed by atoms with Crippen LogP contribution in [-0.4, -0.2) is 60.7 Å². The van der Waals surface area contributed by atoms with Crippen LogP contribution in [0.3, 0.4) is 0 Å². The molecule has 3 rings (SSSR count). The summed E-state index contributed by atoms with van der Waals surface area (Å²) in [5.41, 5.74) is 0.449. The second kappa shape index (κ2) is 4.77. The average molecular weight is 276 g/mol. The highest BCUT2D eigenvalue weighted by molar-refractivity contribution is 5.97. The van der Waals surface area contributed by atoms with E-state index in [4.69, 9.17) is 0 Å². The highest BCUT2D eigenvalue weighted by Crippen LogP contribution is 2.19. The quantitative estimate of drug-likeness (QED) is 0.766. The number of hydrogen-bond acceptors (Lipinski definition) is 4. The van der Waals surface area contributed by atoms with Crippen molar-refractivity contribution in [1.29, 1.82) is 0 Å². The Labute approximate surface area is 115 Å². The van der Waals surface area contributed by atoms with E-state index in [0.29, 0.717) is 11.4 Å². The number of nitrogens with zero attached hydrogens (tertiary/aromatic N) is 4. The zero-order chi connectivity index (χ0) is 14.3. The van der Waals surface area contributed by atoms with Crippen molar-refractivity contribution in [3.63, 3.8) is 0 Å². The minimum Gasteiger partial charge on any atom is -0.388 e. The molecule has 1 aliphatic heterocycles. The molecule has 0 radical (unpaired) electrons. The van der Waals surface area contributed by atoms with Crippen LogP contribution in [0, 0.1) is 0 Å². The maximum absolute atomic E-state index is 12.5. The van der Waals surface area contributed by atoms with Crippen LogP contribution in [0.2, 0.25) is 0 Å². The van der Waals surface area contributed by atoms with Crippen LogP contribution in [0.1, 0.15) is 10.4 Å². The number of carbonyl (C=O) groups is 1. The molecule has 1 saturated heterocycles. The summed E-state index contributed by atoms with van der Waals surface area (Å²) in [4.78, 5) is 13.9. The van der Waals surface area contributed by atoms with Gasteiger partial charge in [-0.25, -0.2) is 0 Å². The SMILES string of the molecule is Cn1ncc(C(=O)N2C[C@@H](O)[C@@H](O)C2)c1-n1cccc1. The molecule has 2 aromatic rings. The molecule has 3 heterocycles. The Hall–Kier alpha value is -2.12. The Morgan fingerprint density at radius 3 is 2.45 bits per heavy atom. The third kappa shape index (κ3) is 2.00. The number of β-amino-alcohol motifs (C(OH)–C–C–N with tert-alkyl or cyclic N) is 2. The topological polar surface area (TPSA) is 83.5 Å². The lowest BCUT2D eigenvalue weighted by Crippen LogP contribution is -2.30. The molecule has 106 valence electrons. The van der Waals surface area contributed by atoms with Crippen LogP contribution in [0.15, 0.2) is 30.7 Å². The van der Waals surface area contributed by atoms with E-state index in [0.717, 1.165) is 0 Å². The summed E-state index contributed by atoms with van der Waals surface area (Å²) in [5, 5.41) is 23.2. The smallest absolute Gasteiger partial charge is 0.259 e. The molecule has 0 unspecified atom stereocenters. The zero-order valence-electron chi connectivity index (χ0n) is 11.0. The fraction of sp³-hybridized carbons (Fsp3) is 0.385.